The topological polar surface area (TPSA) is 49.0 Å². The molecular formula is C8H13N3O. The van der Waals surface area contributed by atoms with E-state index in [1.54, 1.807) is 6.20 Å². The zero-order valence-corrected chi connectivity index (χ0v) is 7.37. The number of nitrogens with one attached hydrogen (secondary N) is 1. The number of imidazole rings is 1. The van der Waals surface area contributed by atoms with Crippen LogP contribution in [0.4, 0.5) is 0 Å². The molecule has 0 aliphatic carbocycles. The Morgan fingerprint density at radius 3 is 2.92 bits per heavy atom. The lowest BCUT2D eigenvalue weighted by Gasteiger charge is -2.06. The van der Waals surface area contributed by atoms with Crippen LogP contribution in [0.15, 0.2) is 6.20 Å². The van der Waals surface area contributed by atoms with Crippen LogP contribution in [-0.4, -0.2) is 41.8 Å². The fourth-order valence-electron chi connectivity index (χ4n) is 0.908. The molecule has 66 valence electrons. The molecule has 0 aliphatic rings. The molecule has 4 heteroatoms. The number of aromatic nitrogens is 2. The number of aldehydes is 1. The van der Waals surface area contributed by atoms with Crippen molar-refractivity contribution in [3.8, 4) is 0 Å². The van der Waals surface area contributed by atoms with E-state index in [9.17, 15) is 4.79 Å². The minimum Gasteiger partial charge on any atom is -0.340 e. The first-order chi connectivity index (χ1) is 5.72. The zero-order valence-electron chi connectivity index (χ0n) is 7.37. The highest BCUT2D eigenvalue weighted by molar-refractivity contribution is 5.68. The molecule has 0 unspecified atom stereocenters. The third kappa shape index (κ3) is 2.47. The third-order valence-corrected chi connectivity index (χ3v) is 1.59. The average Bonchev–Trinajstić information content (AvgIpc) is 2.48. The lowest BCUT2D eigenvalue weighted by atomic mass is 10.3. The number of nitrogens with zero attached hydrogens (tertiary/aromatic N) is 2. The van der Waals surface area contributed by atoms with Crippen molar-refractivity contribution in [1.82, 2.24) is 14.9 Å². The fourth-order valence-corrected chi connectivity index (χ4v) is 0.908. The third-order valence-electron chi connectivity index (χ3n) is 1.59. The van der Waals surface area contributed by atoms with E-state index in [4.69, 9.17) is 0 Å². The Morgan fingerprint density at radius 1 is 1.67 bits per heavy atom. The maximum Gasteiger partial charge on any atom is 0.185 e. The second-order valence-corrected chi connectivity index (χ2v) is 2.96. The van der Waals surface area contributed by atoms with E-state index in [2.05, 4.69) is 14.9 Å². The highest BCUT2D eigenvalue weighted by Crippen LogP contribution is 1.96. The molecule has 0 radical (unpaired) electrons. The van der Waals surface area contributed by atoms with E-state index in [0.29, 0.717) is 5.82 Å². The SMILES string of the molecule is CN(C)CCc1cnc(C=O)[nH]1. The Morgan fingerprint density at radius 2 is 2.42 bits per heavy atom. The van der Waals surface area contributed by atoms with E-state index in [1.165, 1.54) is 0 Å². The van der Waals surface area contributed by atoms with Gasteiger partial charge in [0.25, 0.3) is 0 Å². The van der Waals surface area contributed by atoms with Gasteiger partial charge in [0.1, 0.15) is 0 Å². The Labute approximate surface area is 71.6 Å². The fraction of sp³-hybridized carbons (Fsp3) is 0.500. The van der Waals surface area contributed by atoms with Gasteiger partial charge in [0.15, 0.2) is 12.1 Å². The van der Waals surface area contributed by atoms with Crippen LogP contribution < -0.4 is 0 Å². The van der Waals surface area contributed by atoms with Crippen molar-refractivity contribution in [1.29, 1.82) is 0 Å². The Kier molecular flexibility index (Phi) is 2.99. The molecule has 0 saturated heterocycles. The van der Waals surface area contributed by atoms with Gasteiger partial charge in [-0.05, 0) is 14.1 Å². The first kappa shape index (κ1) is 8.93. The number of carbonyl (C=O) groups excluding carboxylic acids is 1. The maximum absolute atomic E-state index is 10.3. The lowest BCUT2D eigenvalue weighted by Crippen LogP contribution is -2.15. The van der Waals surface area contributed by atoms with Crippen molar-refractivity contribution in [3.05, 3.63) is 17.7 Å². The van der Waals surface area contributed by atoms with E-state index in [-0.39, 0.29) is 0 Å². The Hall–Kier alpha value is -1.16. The summed E-state index contributed by atoms with van der Waals surface area (Å²) in [5.74, 6) is 0.406. The van der Waals surface area contributed by atoms with Crippen molar-refractivity contribution in [2.24, 2.45) is 0 Å². The van der Waals surface area contributed by atoms with Crippen molar-refractivity contribution in [2.45, 2.75) is 6.42 Å². The first-order valence-electron chi connectivity index (χ1n) is 3.86. The molecule has 1 heterocycles. The molecule has 0 aromatic carbocycles. The van der Waals surface area contributed by atoms with Crippen LogP contribution in [0, 0.1) is 0 Å². The number of hydrogen-bond donors (Lipinski definition) is 1. The molecule has 1 N–H and O–H groups in total. The lowest BCUT2D eigenvalue weighted by molar-refractivity contribution is 0.111. The van der Waals surface area contributed by atoms with E-state index in [0.717, 1.165) is 24.9 Å². The second kappa shape index (κ2) is 4.01. The van der Waals surface area contributed by atoms with Crippen LogP contribution >= 0.6 is 0 Å². The number of hydrogen-bond acceptors (Lipinski definition) is 3. The van der Waals surface area contributed by atoms with Gasteiger partial charge in [0.05, 0.1) is 0 Å². The van der Waals surface area contributed by atoms with Gasteiger partial charge in [0.2, 0.25) is 0 Å². The quantitative estimate of drug-likeness (QED) is 0.657. The van der Waals surface area contributed by atoms with Gasteiger partial charge in [0, 0.05) is 24.9 Å². The molecule has 0 atom stereocenters. The second-order valence-electron chi connectivity index (χ2n) is 2.96. The number of H-pyrrole nitrogens is 1. The molecule has 1 aromatic heterocycles. The van der Waals surface area contributed by atoms with Crippen LogP contribution in [-0.2, 0) is 6.42 Å². The molecule has 0 saturated carbocycles. The number of likely N-dealkylation sites (N-methyl/N-ethyl adjacent to an activating group) is 1. The summed E-state index contributed by atoms with van der Waals surface area (Å²) in [6.45, 7) is 0.959. The van der Waals surface area contributed by atoms with Crippen LogP contribution in [0.3, 0.4) is 0 Å². The average molecular weight is 167 g/mol. The van der Waals surface area contributed by atoms with Crippen molar-refractivity contribution >= 4 is 6.29 Å². The van der Waals surface area contributed by atoms with Gasteiger partial charge in [-0.25, -0.2) is 4.98 Å². The maximum atomic E-state index is 10.3. The van der Waals surface area contributed by atoms with E-state index in [1.807, 2.05) is 14.1 Å². The predicted molar refractivity (Wildman–Crippen MR) is 46.2 cm³/mol. The van der Waals surface area contributed by atoms with Gasteiger partial charge in [-0.2, -0.15) is 0 Å². The molecule has 0 spiro atoms. The summed E-state index contributed by atoms with van der Waals surface area (Å²) in [5.41, 5.74) is 1.01. The molecular weight excluding hydrogens is 154 g/mol. The van der Waals surface area contributed by atoms with Gasteiger partial charge >= 0.3 is 0 Å². The summed E-state index contributed by atoms with van der Waals surface area (Å²) < 4.78 is 0. The summed E-state index contributed by atoms with van der Waals surface area (Å²) >= 11 is 0. The number of carbonyl (C=O) groups is 1. The molecule has 1 aromatic rings. The number of rotatable bonds is 4. The summed E-state index contributed by atoms with van der Waals surface area (Å²) in [7, 11) is 4.02. The van der Waals surface area contributed by atoms with Crippen LogP contribution in [0.5, 0.6) is 0 Å². The normalized spacial score (nSPS) is 10.6. The monoisotopic (exact) mass is 167 g/mol. The summed E-state index contributed by atoms with van der Waals surface area (Å²) in [4.78, 5) is 19.1. The first-order valence-corrected chi connectivity index (χ1v) is 3.86. The molecule has 1 rings (SSSR count). The van der Waals surface area contributed by atoms with Crippen molar-refractivity contribution in [3.63, 3.8) is 0 Å². The predicted octanol–water partition coefficient (Wildman–Crippen LogP) is 0.326. The van der Waals surface area contributed by atoms with Gasteiger partial charge < -0.3 is 9.88 Å². The van der Waals surface area contributed by atoms with Gasteiger partial charge in [-0.3, -0.25) is 4.79 Å². The highest BCUT2D eigenvalue weighted by Gasteiger charge is 1.98. The van der Waals surface area contributed by atoms with Crippen molar-refractivity contribution < 1.29 is 4.79 Å². The highest BCUT2D eigenvalue weighted by atomic mass is 16.1. The molecule has 0 bridgehead atoms. The van der Waals surface area contributed by atoms with Gasteiger partial charge in [-0.15, -0.1) is 0 Å². The standard InChI is InChI=1S/C8H13N3O/c1-11(2)4-3-7-5-9-8(6-12)10-7/h5-6H,3-4H2,1-2H3,(H,9,10). The number of aromatic amines is 1. The minimum absolute atomic E-state index is 0.406. The van der Waals surface area contributed by atoms with Crippen LogP contribution in [0.1, 0.15) is 16.3 Å². The Bertz CT molecular complexity index is 255. The summed E-state index contributed by atoms with van der Waals surface area (Å²) in [6.07, 6.45) is 3.32. The van der Waals surface area contributed by atoms with Crippen LogP contribution in [0.2, 0.25) is 0 Å². The van der Waals surface area contributed by atoms with Crippen molar-refractivity contribution in [2.75, 3.05) is 20.6 Å². The molecule has 0 aliphatic heterocycles. The molecule has 4 nitrogen and oxygen atoms in total. The Balaban J connectivity index is 2.47. The molecule has 0 fully saturated rings. The van der Waals surface area contributed by atoms with Crippen LogP contribution in [0.25, 0.3) is 0 Å². The largest absolute Gasteiger partial charge is 0.340 e. The van der Waals surface area contributed by atoms with E-state index < -0.39 is 0 Å². The zero-order chi connectivity index (χ0) is 8.97. The van der Waals surface area contributed by atoms with E-state index >= 15 is 0 Å². The molecule has 12 heavy (non-hydrogen) atoms. The smallest absolute Gasteiger partial charge is 0.185 e. The summed E-state index contributed by atoms with van der Waals surface area (Å²) in [6, 6.07) is 0. The minimum atomic E-state index is 0.406. The molecule has 0 amide bonds. The van der Waals surface area contributed by atoms with Gasteiger partial charge in [-0.1, -0.05) is 0 Å². The summed E-state index contributed by atoms with van der Waals surface area (Å²) in [5, 5.41) is 0.